The highest BCUT2D eigenvalue weighted by molar-refractivity contribution is 5.95. The van der Waals surface area contributed by atoms with Crippen molar-refractivity contribution in [1.29, 1.82) is 0 Å². The van der Waals surface area contributed by atoms with Gasteiger partial charge in [-0.15, -0.1) is 0 Å². The monoisotopic (exact) mass is 406 g/mol. The third-order valence-corrected chi connectivity index (χ3v) is 8.17. The van der Waals surface area contributed by atoms with E-state index < -0.39 is 11.4 Å². The largest absolute Gasteiger partial charge is 0.507 e. The lowest BCUT2D eigenvalue weighted by atomic mass is 9.42. The van der Waals surface area contributed by atoms with E-state index in [-0.39, 0.29) is 34.0 Å². The minimum Gasteiger partial charge on any atom is -0.507 e. The number of aldehydes is 2. The van der Waals surface area contributed by atoms with Gasteiger partial charge in [0.1, 0.15) is 22.8 Å². The summed E-state index contributed by atoms with van der Waals surface area (Å²) < 4.78 is 6.61. The van der Waals surface area contributed by atoms with Crippen molar-refractivity contribution < 1.29 is 24.5 Å². The molecule has 5 heteroatoms. The third kappa shape index (κ3) is 2.35. The second-order valence-electron chi connectivity index (χ2n) is 9.68. The molecule has 2 aromatic rings. The van der Waals surface area contributed by atoms with Gasteiger partial charge in [-0.25, -0.2) is 0 Å². The minimum absolute atomic E-state index is 0.0517. The highest BCUT2D eigenvalue weighted by Crippen LogP contribution is 2.68. The number of phenols is 2. The second-order valence-corrected chi connectivity index (χ2v) is 9.68. The molecule has 30 heavy (non-hydrogen) atoms. The van der Waals surface area contributed by atoms with Gasteiger partial charge in [-0.2, -0.15) is 0 Å². The van der Waals surface area contributed by atoms with E-state index in [2.05, 4.69) is 13.8 Å². The summed E-state index contributed by atoms with van der Waals surface area (Å²) in [6, 6.07) is 9.82. The zero-order chi connectivity index (χ0) is 21.3. The molecule has 2 N–H and O–H groups in total. The second kappa shape index (κ2) is 6.34. The number of carbonyl (C=O) groups is 2. The van der Waals surface area contributed by atoms with Gasteiger partial charge in [0.2, 0.25) is 0 Å². The summed E-state index contributed by atoms with van der Waals surface area (Å²) in [4.78, 5) is 23.6. The van der Waals surface area contributed by atoms with Gasteiger partial charge in [-0.1, -0.05) is 44.2 Å². The van der Waals surface area contributed by atoms with Gasteiger partial charge in [-0.3, -0.25) is 9.59 Å². The summed E-state index contributed by atoms with van der Waals surface area (Å²) in [6.45, 7) is 4.57. The number of benzene rings is 2. The first-order valence-corrected chi connectivity index (χ1v) is 10.6. The molecule has 0 unspecified atom stereocenters. The molecule has 1 spiro atoms. The highest BCUT2D eigenvalue weighted by atomic mass is 16.5. The summed E-state index contributed by atoms with van der Waals surface area (Å²) >= 11 is 0. The fourth-order valence-electron chi connectivity index (χ4n) is 6.44. The van der Waals surface area contributed by atoms with Gasteiger partial charge >= 0.3 is 0 Å². The molecule has 2 aromatic carbocycles. The van der Waals surface area contributed by atoms with E-state index in [0.717, 1.165) is 24.8 Å². The Kier molecular flexibility index (Phi) is 4.05. The molecule has 1 heterocycles. The van der Waals surface area contributed by atoms with Crippen LogP contribution in [0.2, 0.25) is 0 Å². The molecule has 0 amide bonds. The predicted octanol–water partition coefficient (Wildman–Crippen LogP) is 4.83. The average Bonchev–Trinajstić information content (AvgIpc) is 2.74. The molecule has 6 rings (SSSR count). The Bertz CT molecular complexity index is 1040. The first kappa shape index (κ1) is 19.2. The van der Waals surface area contributed by atoms with Crippen LogP contribution in [0, 0.1) is 17.3 Å². The van der Waals surface area contributed by atoms with Crippen molar-refractivity contribution in [3.05, 3.63) is 52.6 Å². The molecule has 0 saturated heterocycles. The first-order valence-electron chi connectivity index (χ1n) is 10.6. The standard InChI is InChI=1S/C25H26O5/c1-24(2)15-8-9-25(19(24)10-15)11-16(14-6-4-3-5-7-14)20-22(29)17(12-26)21(28)18(13-27)23(20)30-25/h3-7,12-13,15-16,19,28-29H,8-11H2,1-2H3/t15-,16-,19-,25-/m0/s1. The normalized spacial score (nSPS) is 30.7. The molecule has 1 aliphatic heterocycles. The summed E-state index contributed by atoms with van der Waals surface area (Å²) in [7, 11) is 0. The lowest BCUT2D eigenvalue weighted by Crippen LogP contribution is -2.65. The molecule has 3 fully saturated rings. The number of fused-ring (bicyclic) bond motifs is 2. The number of phenolic OH excluding ortho intramolecular Hbond substituents is 2. The number of hydrogen-bond donors (Lipinski definition) is 2. The SMILES string of the molecule is CC1(C)[C@H]2CC[C@]3(C[C@@H](c4ccccc4)c4c(O)c(C=O)c(O)c(C=O)c4O3)[C@H]1C2. The van der Waals surface area contributed by atoms with Crippen LogP contribution in [-0.4, -0.2) is 28.4 Å². The Balaban J connectivity index is 1.77. The quantitative estimate of drug-likeness (QED) is 0.713. The van der Waals surface area contributed by atoms with Gasteiger partial charge in [0.25, 0.3) is 0 Å². The van der Waals surface area contributed by atoms with Crippen molar-refractivity contribution in [3.8, 4) is 17.2 Å². The zero-order valence-corrected chi connectivity index (χ0v) is 17.2. The van der Waals surface area contributed by atoms with Crippen molar-refractivity contribution in [2.45, 2.75) is 51.0 Å². The molecule has 0 radical (unpaired) electrons. The lowest BCUT2D eigenvalue weighted by molar-refractivity contribution is -0.197. The fraction of sp³-hybridized carbons (Fsp3) is 0.440. The van der Waals surface area contributed by atoms with Crippen LogP contribution in [0.4, 0.5) is 0 Å². The summed E-state index contributed by atoms with van der Waals surface area (Å²) in [5.41, 5.74) is 0.785. The van der Waals surface area contributed by atoms with Gasteiger partial charge in [0.05, 0.1) is 11.1 Å². The van der Waals surface area contributed by atoms with Crippen LogP contribution >= 0.6 is 0 Å². The van der Waals surface area contributed by atoms with E-state index in [0.29, 0.717) is 36.4 Å². The van der Waals surface area contributed by atoms with Crippen molar-refractivity contribution in [2.24, 2.45) is 17.3 Å². The Morgan fingerprint density at radius 3 is 2.33 bits per heavy atom. The third-order valence-electron chi connectivity index (χ3n) is 8.17. The topological polar surface area (TPSA) is 83.8 Å². The van der Waals surface area contributed by atoms with E-state index >= 15 is 0 Å². The molecule has 156 valence electrons. The smallest absolute Gasteiger partial charge is 0.157 e. The molecule has 4 aliphatic rings. The number of hydrogen-bond acceptors (Lipinski definition) is 5. The molecule has 3 aliphatic carbocycles. The van der Waals surface area contributed by atoms with Crippen molar-refractivity contribution >= 4 is 12.6 Å². The first-order chi connectivity index (χ1) is 14.3. The Hall–Kier alpha value is -2.82. The zero-order valence-electron chi connectivity index (χ0n) is 17.2. The molecule has 2 bridgehead atoms. The van der Waals surface area contributed by atoms with Crippen molar-refractivity contribution in [1.82, 2.24) is 0 Å². The highest BCUT2D eigenvalue weighted by Gasteiger charge is 2.64. The van der Waals surface area contributed by atoms with Crippen molar-refractivity contribution in [3.63, 3.8) is 0 Å². The van der Waals surface area contributed by atoms with Gasteiger partial charge in [-0.05, 0) is 42.6 Å². The molecular formula is C25H26O5. The van der Waals surface area contributed by atoms with E-state index in [9.17, 15) is 19.8 Å². The maximum absolute atomic E-state index is 12.0. The number of aromatic hydroxyl groups is 2. The maximum Gasteiger partial charge on any atom is 0.157 e. The minimum atomic E-state index is -0.512. The van der Waals surface area contributed by atoms with Crippen LogP contribution in [0.3, 0.4) is 0 Å². The van der Waals surface area contributed by atoms with Crippen LogP contribution in [0.15, 0.2) is 30.3 Å². The molecule has 3 saturated carbocycles. The average molecular weight is 406 g/mol. The summed E-state index contributed by atoms with van der Waals surface area (Å²) in [5, 5.41) is 21.5. The van der Waals surface area contributed by atoms with Gasteiger partial charge < -0.3 is 14.9 Å². The van der Waals surface area contributed by atoms with Crippen LogP contribution in [-0.2, 0) is 0 Å². The van der Waals surface area contributed by atoms with E-state index in [4.69, 9.17) is 4.74 Å². The van der Waals surface area contributed by atoms with Gasteiger partial charge in [0, 0.05) is 17.4 Å². The molecular weight excluding hydrogens is 380 g/mol. The molecule has 4 atom stereocenters. The Morgan fingerprint density at radius 1 is 1.03 bits per heavy atom. The van der Waals surface area contributed by atoms with E-state index in [1.54, 1.807) is 0 Å². The van der Waals surface area contributed by atoms with E-state index in [1.807, 2.05) is 30.3 Å². The van der Waals surface area contributed by atoms with Crippen LogP contribution in [0.1, 0.15) is 77.3 Å². The van der Waals surface area contributed by atoms with Crippen LogP contribution in [0.25, 0.3) is 0 Å². The lowest BCUT2D eigenvalue weighted by Gasteiger charge is -2.66. The van der Waals surface area contributed by atoms with Crippen molar-refractivity contribution in [2.75, 3.05) is 0 Å². The number of rotatable bonds is 3. The predicted molar refractivity (Wildman–Crippen MR) is 111 cm³/mol. The number of ether oxygens (including phenoxy) is 1. The summed E-state index contributed by atoms with van der Waals surface area (Å²) in [5.74, 6) is 0.193. The van der Waals surface area contributed by atoms with Crippen LogP contribution in [0.5, 0.6) is 17.2 Å². The van der Waals surface area contributed by atoms with Crippen LogP contribution < -0.4 is 4.74 Å². The summed E-state index contributed by atoms with van der Waals surface area (Å²) in [6.07, 6.45) is 4.61. The number of carbonyl (C=O) groups excluding carboxylic acids is 2. The Morgan fingerprint density at radius 2 is 1.73 bits per heavy atom. The Labute approximate surface area is 175 Å². The molecule has 0 aromatic heterocycles. The fourth-order valence-corrected chi connectivity index (χ4v) is 6.44. The molecule has 5 nitrogen and oxygen atoms in total. The maximum atomic E-state index is 12.0. The van der Waals surface area contributed by atoms with E-state index in [1.165, 1.54) is 0 Å². The van der Waals surface area contributed by atoms with Gasteiger partial charge in [0.15, 0.2) is 12.6 Å².